The number of aliphatic imine (C=N–C) groups is 1. The molecule has 0 fully saturated rings. The SMILES string of the molecule is CCC(C)C1CN=C(N)N1c1ccccc1C. The van der Waals surface area contributed by atoms with Gasteiger partial charge in [-0.05, 0) is 24.5 Å². The Morgan fingerprint density at radius 3 is 2.82 bits per heavy atom. The first-order valence-electron chi connectivity index (χ1n) is 6.30. The second kappa shape index (κ2) is 4.78. The predicted molar refractivity (Wildman–Crippen MR) is 73.4 cm³/mol. The molecule has 1 aliphatic heterocycles. The predicted octanol–water partition coefficient (Wildman–Crippen LogP) is 2.54. The quantitative estimate of drug-likeness (QED) is 0.868. The van der Waals surface area contributed by atoms with Crippen LogP contribution in [0.4, 0.5) is 5.69 Å². The van der Waals surface area contributed by atoms with Crippen molar-refractivity contribution in [2.75, 3.05) is 11.4 Å². The van der Waals surface area contributed by atoms with Crippen molar-refractivity contribution >= 4 is 11.6 Å². The number of hydrogen-bond acceptors (Lipinski definition) is 3. The van der Waals surface area contributed by atoms with E-state index in [1.807, 2.05) is 0 Å². The maximum absolute atomic E-state index is 6.04. The molecule has 2 N–H and O–H groups in total. The monoisotopic (exact) mass is 231 g/mol. The van der Waals surface area contributed by atoms with Crippen LogP contribution in [0, 0.1) is 12.8 Å². The fourth-order valence-corrected chi connectivity index (χ4v) is 2.36. The van der Waals surface area contributed by atoms with E-state index in [1.165, 1.54) is 11.3 Å². The molecule has 1 heterocycles. The lowest BCUT2D eigenvalue weighted by molar-refractivity contribution is 0.461. The Labute approximate surface area is 103 Å². The van der Waals surface area contributed by atoms with Crippen molar-refractivity contribution in [3.05, 3.63) is 29.8 Å². The number of anilines is 1. The second-order valence-corrected chi connectivity index (χ2v) is 4.81. The first kappa shape index (κ1) is 12.0. The molecule has 92 valence electrons. The van der Waals surface area contributed by atoms with Gasteiger partial charge in [-0.2, -0.15) is 0 Å². The molecule has 0 amide bonds. The summed E-state index contributed by atoms with van der Waals surface area (Å²) < 4.78 is 0. The zero-order valence-electron chi connectivity index (χ0n) is 10.9. The standard InChI is InChI=1S/C14H21N3/c1-4-10(2)13-9-16-14(15)17(13)12-8-6-5-7-11(12)3/h5-8,10,13H,4,9H2,1-3H3,(H2,15,16). The summed E-state index contributed by atoms with van der Waals surface area (Å²) in [5.74, 6) is 1.25. The third-order valence-corrected chi connectivity index (χ3v) is 3.69. The molecule has 0 aromatic heterocycles. The van der Waals surface area contributed by atoms with Gasteiger partial charge in [-0.25, -0.2) is 0 Å². The normalized spacial score (nSPS) is 21.5. The van der Waals surface area contributed by atoms with Gasteiger partial charge in [-0.3, -0.25) is 4.99 Å². The molecule has 2 unspecified atom stereocenters. The Balaban J connectivity index is 2.34. The van der Waals surface area contributed by atoms with Gasteiger partial charge in [0.05, 0.1) is 12.6 Å². The fourth-order valence-electron chi connectivity index (χ4n) is 2.36. The summed E-state index contributed by atoms with van der Waals surface area (Å²) in [5, 5.41) is 0. The van der Waals surface area contributed by atoms with E-state index in [4.69, 9.17) is 5.73 Å². The van der Waals surface area contributed by atoms with Crippen molar-refractivity contribution in [2.24, 2.45) is 16.6 Å². The molecule has 1 aromatic rings. The molecular formula is C14H21N3. The number of nitrogens with zero attached hydrogens (tertiary/aromatic N) is 2. The number of hydrogen-bond donors (Lipinski definition) is 1. The van der Waals surface area contributed by atoms with Crippen molar-refractivity contribution < 1.29 is 0 Å². The summed E-state index contributed by atoms with van der Waals surface area (Å²) in [6.45, 7) is 7.42. The molecule has 0 aliphatic carbocycles. The summed E-state index contributed by atoms with van der Waals surface area (Å²) in [4.78, 5) is 6.60. The summed E-state index contributed by atoms with van der Waals surface area (Å²) in [6.07, 6.45) is 1.15. The summed E-state index contributed by atoms with van der Waals surface area (Å²) >= 11 is 0. The molecule has 2 rings (SSSR count). The van der Waals surface area contributed by atoms with E-state index in [0.717, 1.165) is 13.0 Å². The van der Waals surface area contributed by atoms with E-state index in [-0.39, 0.29) is 0 Å². The van der Waals surface area contributed by atoms with Gasteiger partial charge in [0.2, 0.25) is 0 Å². The summed E-state index contributed by atoms with van der Waals surface area (Å²) in [5.41, 5.74) is 8.48. The first-order chi connectivity index (χ1) is 8.15. The minimum absolute atomic E-state index is 0.404. The van der Waals surface area contributed by atoms with E-state index in [0.29, 0.717) is 17.9 Å². The molecule has 1 aromatic carbocycles. The van der Waals surface area contributed by atoms with Gasteiger partial charge in [0.1, 0.15) is 0 Å². The maximum Gasteiger partial charge on any atom is 0.196 e. The van der Waals surface area contributed by atoms with Crippen molar-refractivity contribution in [1.82, 2.24) is 0 Å². The van der Waals surface area contributed by atoms with Crippen LogP contribution in [0.2, 0.25) is 0 Å². The molecule has 1 aliphatic rings. The smallest absolute Gasteiger partial charge is 0.196 e. The number of aryl methyl sites for hydroxylation is 1. The Morgan fingerprint density at radius 1 is 1.47 bits per heavy atom. The highest BCUT2D eigenvalue weighted by Crippen LogP contribution is 2.28. The molecule has 0 bridgehead atoms. The van der Waals surface area contributed by atoms with Gasteiger partial charge in [0, 0.05) is 5.69 Å². The summed E-state index contributed by atoms with van der Waals surface area (Å²) in [7, 11) is 0. The van der Waals surface area contributed by atoms with Gasteiger partial charge in [0.25, 0.3) is 0 Å². The highest BCUT2D eigenvalue weighted by molar-refractivity contribution is 5.97. The average molecular weight is 231 g/mol. The Kier molecular flexibility index (Phi) is 3.36. The number of rotatable bonds is 3. The Hall–Kier alpha value is -1.51. The zero-order chi connectivity index (χ0) is 12.4. The number of benzene rings is 1. The van der Waals surface area contributed by atoms with Crippen LogP contribution in [0.5, 0.6) is 0 Å². The fraction of sp³-hybridized carbons (Fsp3) is 0.500. The molecule has 0 spiro atoms. The van der Waals surface area contributed by atoms with E-state index in [9.17, 15) is 0 Å². The molecule has 0 saturated carbocycles. The topological polar surface area (TPSA) is 41.6 Å². The maximum atomic E-state index is 6.04. The molecule has 3 heteroatoms. The zero-order valence-corrected chi connectivity index (χ0v) is 10.9. The molecule has 2 atom stereocenters. The van der Waals surface area contributed by atoms with Crippen LogP contribution in [-0.4, -0.2) is 18.5 Å². The molecule has 17 heavy (non-hydrogen) atoms. The second-order valence-electron chi connectivity index (χ2n) is 4.81. The minimum Gasteiger partial charge on any atom is -0.370 e. The van der Waals surface area contributed by atoms with E-state index in [1.54, 1.807) is 0 Å². The van der Waals surface area contributed by atoms with E-state index < -0.39 is 0 Å². The third kappa shape index (κ3) is 2.14. The highest BCUT2D eigenvalue weighted by Gasteiger charge is 2.31. The van der Waals surface area contributed by atoms with Crippen LogP contribution in [0.1, 0.15) is 25.8 Å². The van der Waals surface area contributed by atoms with Crippen molar-refractivity contribution in [2.45, 2.75) is 33.2 Å². The Morgan fingerprint density at radius 2 is 2.18 bits per heavy atom. The van der Waals surface area contributed by atoms with Crippen LogP contribution in [0.3, 0.4) is 0 Å². The minimum atomic E-state index is 0.404. The largest absolute Gasteiger partial charge is 0.370 e. The van der Waals surface area contributed by atoms with Gasteiger partial charge in [0.15, 0.2) is 5.96 Å². The molecule has 3 nitrogen and oxygen atoms in total. The van der Waals surface area contributed by atoms with Gasteiger partial charge < -0.3 is 10.6 Å². The van der Waals surface area contributed by atoms with Crippen molar-refractivity contribution in [3.63, 3.8) is 0 Å². The Bertz CT molecular complexity index is 425. The third-order valence-electron chi connectivity index (χ3n) is 3.69. The van der Waals surface area contributed by atoms with Crippen molar-refractivity contribution in [3.8, 4) is 0 Å². The van der Waals surface area contributed by atoms with E-state index >= 15 is 0 Å². The molecular weight excluding hydrogens is 210 g/mol. The number of para-hydroxylation sites is 1. The lowest BCUT2D eigenvalue weighted by Crippen LogP contribution is -2.44. The molecule has 0 saturated heterocycles. The van der Waals surface area contributed by atoms with Gasteiger partial charge in [-0.15, -0.1) is 0 Å². The van der Waals surface area contributed by atoms with Crippen LogP contribution >= 0.6 is 0 Å². The van der Waals surface area contributed by atoms with Gasteiger partial charge in [-0.1, -0.05) is 38.5 Å². The molecule has 0 radical (unpaired) electrons. The van der Waals surface area contributed by atoms with Crippen LogP contribution in [0.15, 0.2) is 29.3 Å². The van der Waals surface area contributed by atoms with Crippen LogP contribution in [-0.2, 0) is 0 Å². The highest BCUT2D eigenvalue weighted by atomic mass is 15.3. The lowest BCUT2D eigenvalue weighted by Gasteiger charge is -2.31. The number of guanidine groups is 1. The van der Waals surface area contributed by atoms with Crippen LogP contribution < -0.4 is 10.6 Å². The average Bonchev–Trinajstić information content (AvgIpc) is 2.71. The lowest BCUT2D eigenvalue weighted by atomic mass is 9.97. The van der Waals surface area contributed by atoms with Gasteiger partial charge >= 0.3 is 0 Å². The number of nitrogens with two attached hydrogens (primary N) is 1. The van der Waals surface area contributed by atoms with Crippen molar-refractivity contribution in [1.29, 1.82) is 0 Å². The van der Waals surface area contributed by atoms with Crippen LogP contribution in [0.25, 0.3) is 0 Å². The summed E-state index contributed by atoms with van der Waals surface area (Å²) in [6, 6.07) is 8.76. The first-order valence-corrected chi connectivity index (χ1v) is 6.30. The van der Waals surface area contributed by atoms with E-state index in [2.05, 4.69) is 54.9 Å².